The van der Waals surface area contributed by atoms with Crippen LogP contribution in [0.2, 0.25) is 0 Å². The van der Waals surface area contributed by atoms with Gasteiger partial charge < -0.3 is 25.4 Å². The van der Waals surface area contributed by atoms with E-state index in [4.69, 9.17) is 4.74 Å². The molecular weight excluding hydrogens is 451 g/mol. The molecule has 9 nitrogen and oxygen atoms in total. The van der Waals surface area contributed by atoms with Crippen LogP contribution in [-0.4, -0.2) is 66.6 Å². The van der Waals surface area contributed by atoms with Gasteiger partial charge in [-0.05, 0) is 30.3 Å². The van der Waals surface area contributed by atoms with E-state index in [1.807, 2.05) is 0 Å². The van der Waals surface area contributed by atoms with Crippen LogP contribution in [0, 0.1) is 5.82 Å². The van der Waals surface area contributed by atoms with Crippen molar-refractivity contribution in [3.05, 3.63) is 60.5 Å². The Kier molecular flexibility index (Phi) is 7.05. The standard InChI is InChI=1S/C22H23FN4O5S/c1-12(29)24-15-6-3-7-16(9-15)33-22-21(31)19(20(30)18(11-28)32-22)27-10-17(25-26-27)13-4-2-5-14(23)8-13/h2-10,18-22,28,30-31H,11H2,1H3,(H,24,29)/t18-,19+,20+,21-,22?/m1/s1. The van der Waals surface area contributed by atoms with Gasteiger partial charge in [0.25, 0.3) is 0 Å². The molecule has 33 heavy (non-hydrogen) atoms. The highest BCUT2D eigenvalue weighted by Gasteiger charge is 2.46. The number of amides is 1. The van der Waals surface area contributed by atoms with Crippen molar-refractivity contribution in [1.29, 1.82) is 0 Å². The molecule has 1 aliphatic rings. The van der Waals surface area contributed by atoms with Crippen molar-refractivity contribution in [2.24, 2.45) is 0 Å². The van der Waals surface area contributed by atoms with Crippen molar-refractivity contribution in [3.8, 4) is 11.3 Å². The van der Waals surface area contributed by atoms with Gasteiger partial charge in [-0.3, -0.25) is 4.79 Å². The van der Waals surface area contributed by atoms with Crippen molar-refractivity contribution in [2.45, 2.75) is 41.6 Å². The van der Waals surface area contributed by atoms with Crippen LogP contribution in [0.4, 0.5) is 10.1 Å². The molecule has 0 bridgehead atoms. The first-order valence-corrected chi connectivity index (χ1v) is 11.1. The first-order chi connectivity index (χ1) is 15.9. The molecule has 3 aromatic rings. The molecule has 1 fully saturated rings. The second kappa shape index (κ2) is 9.98. The van der Waals surface area contributed by atoms with Gasteiger partial charge in [-0.2, -0.15) is 0 Å². The fourth-order valence-electron chi connectivity index (χ4n) is 3.66. The summed E-state index contributed by atoms with van der Waals surface area (Å²) in [5.41, 5.74) is 0.596. The third-order valence-corrected chi connectivity index (χ3v) is 6.34. The number of hydrogen-bond donors (Lipinski definition) is 4. The minimum Gasteiger partial charge on any atom is -0.394 e. The number of halogens is 1. The summed E-state index contributed by atoms with van der Waals surface area (Å²) in [6.07, 6.45) is -1.96. The van der Waals surface area contributed by atoms with Gasteiger partial charge in [0.2, 0.25) is 5.91 Å². The van der Waals surface area contributed by atoms with Gasteiger partial charge in [0.15, 0.2) is 0 Å². The molecule has 1 aromatic heterocycles. The number of thioether (sulfide) groups is 1. The first-order valence-electron chi connectivity index (χ1n) is 10.2. The van der Waals surface area contributed by atoms with Crippen LogP contribution < -0.4 is 5.32 Å². The number of carbonyl (C=O) groups is 1. The highest BCUT2D eigenvalue weighted by Crippen LogP contribution is 2.38. The van der Waals surface area contributed by atoms with E-state index in [-0.39, 0.29) is 5.91 Å². The highest BCUT2D eigenvalue weighted by atomic mass is 32.2. The molecule has 2 heterocycles. The van der Waals surface area contributed by atoms with Crippen LogP contribution in [0.5, 0.6) is 0 Å². The molecule has 4 rings (SSSR count). The average Bonchev–Trinajstić information content (AvgIpc) is 3.25. The largest absolute Gasteiger partial charge is 0.394 e. The summed E-state index contributed by atoms with van der Waals surface area (Å²) in [4.78, 5) is 12.0. The lowest BCUT2D eigenvalue weighted by molar-refractivity contribution is -0.178. The molecule has 0 saturated carbocycles. The minimum atomic E-state index is -1.27. The number of aromatic nitrogens is 3. The fourth-order valence-corrected chi connectivity index (χ4v) is 4.78. The second-order valence-corrected chi connectivity index (χ2v) is 8.79. The number of nitrogens with one attached hydrogen (secondary N) is 1. The predicted molar refractivity (Wildman–Crippen MR) is 119 cm³/mol. The molecule has 2 aromatic carbocycles. The van der Waals surface area contributed by atoms with Gasteiger partial charge in [-0.1, -0.05) is 35.2 Å². The SMILES string of the molecule is CC(=O)Nc1cccc(SC2O[C@H](CO)[C@H](O)[C@H](n3cc(-c4cccc(F)c4)nn3)[C@H]2O)c1. The first kappa shape index (κ1) is 23.3. The van der Waals surface area contributed by atoms with Gasteiger partial charge in [-0.25, -0.2) is 9.07 Å². The van der Waals surface area contributed by atoms with E-state index in [2.05, 4.69) is 15.6 Å². The maximum absolute atomic E-state index is 13.6. The summed E-state index contributed by atoms with van der Waals surface area (Å²) >= 11 is 1.18. The zero-order chi connectivity index (χ0) is 23.5. The van der Waals surface area contributed by atoms with E-state index in [1.54, 1.807) is 36.4 Å². The summed E-state index contributed by atoms with van der Waals surface area (Å²) in [6.45, 7) is 0.931. The van der Waals surface area contributed by atoms with E-state index in [0.29, 0.717) is 21.8 Å². The lowest BCUT2D eigenvalue weighted by Gasteiger charge is -2.41. The zero-order valence-corrected chi connectivity index (χ0v) is 18.4. The topological polar surface area (TPSA) is 130 Å². The Morgan fingerprint density at radius 1 is 1.21 bits per heavy atom. The normalized spacial score (nSPS) is 25.1. The molecule has 174 valence electrons. The van der Waals surface area contributed by atoms with Crippen LogP contribution in [0.3, 0.4) is 0 Å². The number of carbonyl (C=O) groups excluding carboxylic acids is 1. The van der Waals surface area contributed by atoms with Crippen LogP contribution >= 0.6 is 11.8 Å². The Labute approximate surface area is 193 Å². The smallest absolute Gasteiger partial charge is 0.221 e. The minimum absolute atomic E-state index is 0.213. The molecule has 0 aliphatic carbocycles. The summed E-state index contributed by atoms with van der Waals surface area (Å²) < 4.78 is 20.7. The molecule has 1 unspecified atom stereocenters. The van der Waals surface area contributed by atoms with Crippen molar-refractivity contribution in [1.82, 2.24) is 15.0 Å². The van der Waals surface area contributed by atoms with Crippen LogP contribution in [0.15, 0.2) is 59.6 Å². The Balaban J connectivity index is 1.59. The molecule has 4 N–H and O–H groups in total. The van der Waals surface area contributed by atoms with Crippen molar-refractivity contribution < 1.29 is 29.2 Å². The number of aliphatic hydroxyl groups is 3. The van der Waals surface area contributed by atoms with Crippen LogP contribution in [-0.2, 0) is 9.53 Å². The summed E-state index contributed by atoms with van der Waals surface area (Å²) in [5, 5.41) is 42.3. The maximum Gasteiger partial charge on any atom is 0.221 e. The summed E-state index contributed by atoms with van der Waals surface area (Å²) in [6, 6.07) is 11.9. The molecule has 1 aliphatic heterocycles. The number of nitrogens with zero attached hydrogens (tertiary/aromatic N) is 3. The molecule has 1 saturated heterocycles. The lowest BCUT2D eigenvalue weighted by atomic mass is 9.97. The molecule has 0 spiro atoms. The van der Waals surface area contributed by atoms with E-state index >= 15 is 0 Å². The molecular formula is C22H23FN4O5S. The van der Waals surface area contributed by atoms with Gasteiger partial charge in [0, 0.05) is 23.1 Å². The highest BCUT2D eigenvalue weighted by molar-refractivity contribution is 7.99. The summed E-state index contributed by atoms with van der Waals surface area (Å²) in [7, 11) is 0. The average molecular weight is 475 g/mol. The number of ether oxygens (including phenoxy) is 1. The monoisotopic (exact) mass is 474 g/mol. The third-order valence-electron chi connectivity index (χ3n) is 5.19. The van der Waals surface area contributed by atoms with Crippen molar-refractivity contribution in [2.75, 3.05) is 11.9 Å². The predicted octanol–water partition coefficient (Wildman–Crippen LogP) is 1.81. The quantitative estimate of drug-likeness (QED) is 0.426. The Morgan fingerprint density at radius 3 is 2.73 bits per heavy atom. The number of aliphatic hydroxyl groups excluding tert-OH is 3. The summed E-state index contributed by atoms with van der Waals surface area (Å²) in [5.74, 6) is -0.638. The number of hydrogen-bond acceptors (Lipinski definition) is 8. The lowest BCUT2D eigenvalue weighted by Crippen LogP contribution is -2.55. The van der Waals surface area contributed by atoms with E-state index < -0.39 is 42.2 Å². The Hall–Kier alpha value is -2.83. The zero-order valence-electron chi connectivity index (χ0n) is 17.6. The van der Waals surface area contributed by atoms with Crippen LogP contribution in [0.25, 0.3) is 11.3 Å². The number of rotatable bonds is 6. The molecule has 0 radical (unpaired) electrons. The van der Waals surface area contributed by atoms with Gasteiger partial charge >= 0.3 is 0 Å². The van der Waals surface area contributed by atoms with Gasteiger partial charge in [0.05, 0.1) is 12.8 Å². The van der Waals surface area contributed by atoms with Gasteiger partial charge in [-0.15, -0.1) is 5.10 Å². The Bertz CT molecular complexity index is 1130. The number of anilines is 1. The number of benzene rings is 2. The molecule has 5 atom stereocenters. The molecule has 1 amide bonds. The van der Waals surface area contributed by atoms with Crippen molar-refractivity contribution >= 4 is 23.4 Å². The van der Waals surface area contributed by atoms with Gasteiger partial charge in [0.1, 0.15) is 41.3 Å². The second-order valence-electron chi connectivity index (χ2n) is 7.62. The fraction of sp³-hybridized carbons (Fsp3) is 0.318. The van der Waals surface area contributed by atoms with E-state index in [0.717, 1.165) is 0 Å². The Morgan fingerprint density at radius 2 is 2.00 bits per heavy atom. The van der Waals surface area contributed by atoms with Crippen molar-refractivity contribution in [3.63, 3.8) is 0 Å². The van der Waals surface area contributed by atoms with Crippen LogP contribution in [0.1, 0.15) is 13.0 Å². The maximum atomic E-state index is 13.6. The van der Waals surface area contributed by atoms with E-state index in [9.17, 15) is 24.5 Å². The van der Waals surface area contributed by atoms with E-state index in [1.165, 1.54) is 41.7 Å². The molecule has 11 heteroatoms. The third kappa shape index (κ3) is 5.23.